The molecular formula is C15H14ClN7. The summed E-state index contributed by atoms with van der Waals surface area (Å²) in [5.74, 6) is 0.438. The lowest BCUT2D eigenvalue weighted by Crippen LogP contribution is -2.17. The SMILES string of the molecule is Clc1cc(-c2cc(-c3nn[nH]n3)ncn2)ccc1N1CCCC1. The van der Waals surface area contributed by atoms with Crippen molar-refractivity contribution in [1.29, 1.82) is 0 Å². The molecule has 0 amide bonds. The van der Waals surface area contributed by atoms with Crippen molar-refractivity contribution in [3.05, 3.63) is 35.6 Å². The Morgan fingerprint density at radius 2 is 1.87 bits per heavy atom. The molecule has 23 heavy (non-hydrogen) atoms. The highest BCUT2D eigenvalue weighted by Crippen LogP contribution is 2.32. The lowest BCUT2D eigenvalue weighted by atomic mass is 10.1. The monoisotopic (exact) mass is 327 g/mol. The van der Waals surface area contributed by atoms with E-state index in [1.54, 1.807) is 0 Å². The lowest BCUT2D eigenvalue weighted by molar-refractivity contribution is 0.881. The second kappa shape index (κ2) is 5.92. The van der Waals surface area contributed by atoms with E-state index in [0.717, 1.165) is 35.1 Å². The van der Waals surface area contributed by atoms with Gasteiger partial charge in [0.05, 0.1) is 16.4 Å². The number of rotatable bonds is 3. The van der Waals surface area contributed by atoms with Crippen LogP contribution in [-0.2, 0) is 0 Å². The van der Waals surface area contributed by atoms with Crippen molar-refractivity contribution in [2.45, 2.75) is 12.8 Å². The fourth-order valence-electron chi connectivity index (χ4n) is 2.79. The number of hydrogen-bond acceptors (Lipinski definition) is 6. The van der Waals surface area contributed by atoms with Crippen molar-refractivity contribution >= 4 is 17.3 Å². The Morgan fingerprint density at radius 3 is 2.61 bits per heavy atom. The van der Waals surface area contributed by atoms with E-state index in [1.807, 2.05) is 18.2 Å². The highest BCUT2D eigenvalue weighted by atomic mass is 35.5. The van der Waals surface area contributed by atoms with Gasteiger partial charge in [-0.15, -0.1) is 10.2 Å². The molecule has 7 nitrogen and oxygen atoms in total. The minimum Gasteiger partial charge on any atom is -0.370 e. The van der Waals surface area contributed by atoms with Crippen LogP contribution >= 0.6 is 11.6 Å². The summed E-state index contributed by atoms with van der Waals surface area (Å²) in [5, 5.41) is 14.6. The van der Waals surface area contributed by atoms with Gasteiger partial charge in [0.1, 0.15) is 12.0 Å². The number of nitrogens with zero attached hydrogens (tertiary/aromatic N) is 6. The number of tetrazole rings is 1. The maximum Gasteiger partial charge on any atom is 0.223 e. The van der Waals surface area contributed by atoms with E-state index < -0.39 is 0 Å². The zero-order valence-electron chi connectivity index (χ0n) is 12.3. The van der Waals surface area contributed by atoms with Crippen LogP contribution < -0.4 is 4.90 Å². The first kappa shape index (κ1) is 14.1. The quantitative estimate of drug-likeness (QED) is 0.796. The van der Waals surface area contributed by atoms with Crippen LogP contribution in [-0.4, -0.2) is 43.7 Å². The second-order valence-corrected chi connectivity index (χ2v) is 5.79. The third kappa shape index (κ3) is 2.75. The van der Waals surface area contributed by atoms with Gasteiger partial charge in [0.25, 0.3) is 0 Å². The molecule has 2 aromatic heterocycles. The average molecular weight is 328 g/mol. The fourth-order valence-corrected chi connectivity index (χ4v) is 3.09. The van der Waals surface area contributed by atoms with Gasteiger partial charge in [0.15, 0.2) is 0 Å². The molecule has 1 fully saturated rings. The van der Waals surface area contributed by atoms with Gasteiger partial charge >= 0.3 is 0 Å². The topological polar surface area (TPSA) is 83.5 Å². The molecule has 0 aliphatic carbocycles. The van der Waals surface area contributed by atoms with E-state index in [2.05, 4.69) is 41.6 Å². The maximum absolute atomic E-state index is 6.47. The molecule has 1 N–H and O–H groups in total. The molecule has 3 heterocycles. The van der Waals surface area contributed by atoms with Crippen molar-refractivity contribution in [3.63, 3.8) is 0 Å². The van der Waals surface area contributed by atoms with Crippen molar-refractivity contribution in [1.82, 2.24) is 30.6 Å². The summed E-state index contributed by atoms with van der Waals surface area (Å²) in [6.07, 6.45) is 3.93. The number of aromatic amines is 1. The van der Waals surface area contributed by atoms with Crippen molar-refractivity contribution < 1.29 is 0 Å². The lowest BCUT2D eigenvalue weighted by Gasteiger charge is -2.19. The summed E-state index contributed by atoms with van der Waals surface area (Å²) >= 11 is 6.47. The number of hydrogen-bond donors (Lipinski definition) is 1. The van der Waals surface area contributed by atoms with E-state index in [1.165, 1.54) is 19.2 Å². The third-order valence-corrected chi connectivity index (χ3v) is 4.23. The summed E-state index contributed by atoms with van der Waals surface area (Å²) in [7, 11) is 0. The molecule has 1 aliphatic rings. The van der Waals surface area contributed by atoms with Gasteiger partial charge in [-0.25, -0.2) is 9.97 Å². The van der Waals surface area contributed by atoms with E-state index >= 15 is 0 Å². The normalized spacial score (nSPS) is 14.4. The summed E-state index contributed by atoms with van der Waals surface area (Å²) in [5.41, 5.74) is 3.41. The number of nitrogens with one attached hydrogen (secondary N) is 1. The zero-order chi connectivity index (χ0) is 15.6. The van der Waals surface area contributed by atoms with Gasteiger partial charge in [0.2, 0.25) is 5.82 Å². The van der Waals surface area contributed by atoms with Crippen LogP contribution in [0.3, 0.4) is 0 Å². The molecule has 8 heteroatoms. The van der Waals surface area contributed by atoms with Gasteiger partial charge < -0.3 is 4.90 Å². The molecule has 0 radical (unpaired) electrons. The number of aromatic nitrogens is 6. The van der Waals surface area contributed by atoms with E-state index in [0.29, 0.717) is 11.5 Å². The van der Waals surface area contributed by atoms with E-state index in [9.17, 15) is 0 Å². The van der Waals surface area contributed by atoms with Crippen molar-refractivity contribution in [2.24, 2.45) is 0 Å². The minimum absolute atomic E-state index is 0.438. The number of halogens is 1. The molecule has 1 aromatic carbocycles. The van der Waals surface area contributed by atoms with Gasteiger partial charge in [0, 0.05) is 18.7 Å². The van der Waals surface area contributed by atoms with Crippen molar-refractivity contribution in [2.75, 3.05) is 18.0 Å². The van der Waals surface area contributed by atoms with Gasteiger partial charge in [-0.1, -0.05) is 17.7 Å². The maximum atomic E-state index is 6.47. The Hall–Kier alpha value is -2.54. The number of benzene rings is 1. The van der Waals surface area contributed by atoms with Crippen LogP contribution in [0.1, 0.15) is 12.8 Å². The molecule has 4 rings (SSSR count). The molecular weight excluding hydrogens is 314 g/mol. The smallest absolute Gasteiger partial charge is 0.223 e. The minimum atomic E-state index is 0.438. The van der Waals surface area contributed by atoms with Crippen LogP contribution in [0.5, 0.6) is 0 Å². The standard InChI is InChI=1S/C15H14ClN7/c16-11-7-10(3-4-14(11)23-5-1-2-6-23)12-8-13(18-9-17-12)15-19-21-22-20-15/h3-4,7-9H,1-2,5-6H2,(H,19,20,21,22). The summed E-state index contributed by atoms with van der Waals surface area (Å²) in [6, 6.07) is 7.85. The molecule has 1 aliphatic heterocycles. The summed E-state index contributed by atoms with van der Waals surface area (Å²) in [4.78, 5) is 10.8. The largest absolute Gasteiger partial charge is 0.370 e. The third-order valence-electron chi connectivity index (χ3n) is 3.93. The molecule has 0 spiro atoms. The van der Waals surface area contributed by atoms with Gasteiger partial charge in [-0.05, 0) is 36.3 Å². The highest BCUT2D eigenvalue weighted by Gasteiger charge is 2.16. The first-order valence-corrected chi connectivity index (χ1v) is 7.80. The zero-order valence-corrected chi connectivity index (χ0v) is 13.0. The Labute approximate surface area is 137 Å². The molecule has 0 atom stereocenters. The average Bonchev–Trinajstić information content (AvgIpc) is 3.28. The predicted octanol–water partition coefficient (Wildman–Crippen LogP) is 2.58. The summed E-state index contributed by atoms with van der Waals surface area (Å²) < 4.78 is 0. The molecule has 0 unspecified atom stereocenters. The number of H-pyrrole nitrogens is 1. The Bertz CT molecular complexity index is 812. The van der Waals surface area contributed by atoms with Crippen LogP contribution in [0.15, 0.2) is 30.6 Å². The van der Waals surface area contributed by atoms with Crippen LogP contribution in [0.2, 0.25) is 5.02 Å². The molecule has 0 saturated carbocycles. The van der Waals surface area contributed by atoms with Crippen LogP contribution in [0.4, 0.5) is 5.69 Å². The fraction of sp³-hybridized carbons (Fsp3) is 0.267. The predicted molar refractivity (Wildman–Crippen MR) is 87.1 cm³/mol. The Kier molecular flexibility index (Phi) is 3.63. The van der Waals surface area contributed by atoms with Gasteiger partial charge in [-0.3, -0.25) is 0 Å². The Balaban J connectivity index is 1.68. The summed E-state index contributed by atoms with van der Waals surface area (Å²) in [6.45, 7) is 2.13. The number of anilines is 1. The Morgan fingerprint density at radius 1 is 1.04 bits per heavy atom. The molecule has 0 bridgehead atoms. The molecule has 3 aromatic rings. The van der Waals surface area contributed by atoms with Gasteiger partial charge in [-0.2, -0.15) is 5.21 Å². The van der Waals surface area contributed by atoms with Crippen LogP contribution in [0, 0.1) is 0 Å². The van der Waals surface area contributed by atoms with E-state index in [4.69, 9.17) is 11.6 Å². The highest BCUT2D eigenvalue weighted by molar-refractivity contribution is 6.33. The molecule has 116 valence electrons. The van der Waals surface area contributed by atoms with E-state index in [-0.39, 0.29) is 0 Å². The van der Waals surface area contributed by atoms with Crippen LogP contribution in [0.25, 0.3) is 22.8 Å². The first-order chi connectivity index (χ1) is 11.3. The van der Waals surface area contributed by atoms with Crippen molar-refractivity contribution in [3.8, 4) is 22.8 Å². The molecule has 1 saturated heterocycles. The second-order valence-electron chi connectivity index (χ2n) is 5.38. The first-order valence-electron chi connectivity index (χ1n) is 7.42.